The van der Waals surface area contributed by atoms with E-state index in [0.29, 0.717) is 44.2 Å². The van der Waals surface area contributed by atoms with Gasteiger partial charge in [-0.1, -0.05) is 25.4 Å². The van der Waals surface area contributed by atoms with Gasteiger partial charge in [-0.2, -0.15) is 0 Å². The molecule has 0 fully saturated rings. The number of imidazole rings is 1. The van der Waals surface area contributed by atoms with Crippen LogP contribution in [0.1, 0.15) is 56.7 Å². The Morgan fingerprint density at radius 2 is 1.76 bits per heavy atom. The first-order valence-corrected chi connectivity index (χ1v) is 13.3. The maximum Gasteiger partial charge on any atom is 0.413 e. The fraction of sp³-hybridized carbons (Fsp3) is 0.233. The number of fused-ring (bicyclic) bond motifs is 2. The minimum Gasteiger partial charge on any atom is -0.444 e. The molecule has 9 nitrogen and oxygen atoms in total. The summed E-state index contributed by atoms with van der Waals surface area (Å²) >= 11 is 6.38. The summed E-state index contributed by atoms with van der Waals surface area (Å²) in [5.41, 5.74) is 8.26. The fourth-order valence-corrected chi connectivity index (χ4v) is 4.85. The second-order valence-electron chi connectivity index (χ2n) is 10.9. The van der Waals surface area contributed by atoms with E-state index in [1.165, 1.54) is 18.3 Å². The number of benzene rings is 2. The van der Waals surface area contributed by atoms with Crippen LogP contribution in [0.15, 0.2) is 54.9 Å². The van der Waals surface area contributed by atoms with Crippen LogP contribution in [0.25, 0.3) is 38.8 Å². The molecule has 0 saturated heterocycles. The van der Waals surface area contributed by atoms with E-state index in [-0.39, 0.29) is 22.7 Å². The summed E-state index contributed by atoms with van der Waals surface area (Å²) in [7, 11) is 0. The number of nitrogens with one attached hydrogen (secondary N) is 1. The number of ether oxygens (including phenoxy) is 1. The summed E-state index contributed by atoms with van der Waals surface area (Å²) in [5.74, 6) is -0.434. The van der Waals surface area contributed by atoms with E-state index in [9.17, 15) is 9.59 Å². The minimum atomic E-state index is -0.684. The number of nitrogens with zero attached hydrogens (tertiary/aromatic N) is 4. The molecule has 0 bridgehead atoms. The van der Waals surface area contributed by atoms with Gasteiger partial charge in [0.25, 0.3) is 5.91 Å². The molecule has 0 aliphatic carbocycles. The number of pyridine rings is 2. The molecule has 0 atom stereocenters. The maximum atomic E-state index is 15.3. The number of hydrogen-bond donors (Lipinski definition) is 2. The number of nitrogens with two attached hydrogens (primary N) is 1. The Kier molecular flexibility index (Phi) is 7.12. The lowest BCUT2D eigenvalue weighted by molar-refractivity contribution is 0.0635. The molecule has 41 heavy (non-hydrogen) atoms. The van der Waals surface area contributed by atoms with Crippen LogP contribution in [-0.4, -0.2) is 37.1 Å². The number of amides is 2. The molecular formula is C30H28ClFN6O3. The third kappa shape index (κ3) is 5.43. The SMILES string of the molecule is CC(C)c1nc2c(C(N)=O)cc(-c3ccnc(NC(=O)OC(C)(C)C)c3)cc2n1-c1ccnc2c(Cl)ccc(F)c12. The van der Waals surface area contributed by atoms with Crippen LogP contribution < -0.4 is 11.1 Å². The number of rotatable bonds is 5. The summed E-state index contributed by atoms with van der Waals surface area (Å²) < 4.78 is 22.4. The van der Waals surface area contributed by atoms with Gasteiger partial charge >= 0.3 is 6.09 Å². The predicted molar refractivity (Wildman–Crippen MR) is 157 cm³/mol. The van der Waals surface area contributed by atoms with Crippen molar-refractivity contribution in [2.45, 2.75) is 46.1 Å². The zero-order chi connectivity index (χ0) is 29.6. The number of primary amides is 1. The highest BCUT2D eigenvalue weighted by molar-refractivity contribution is 6.35. The Labute approximate surface area is 240 Å². The van der Waals surface area contributed by atoms with Gasteiger partial charge in [-0.05, 0) is 74.4 Å². The number of carbonyl (C=O) groups is 2. The van der Waals surface area contributed by atoms with Gasteiger partial charge in [0.15, 0.2) is 0 Å². The highest BCUT2D eigenvalue weighted by Gasteiger charge is 2.24. The second kappa shape index (κ2) is 10.4. The summed E-state index contributed by atoms with van der Waals surface area (Å²) in [4.78, 5) is 38.3. The van der Waals surface area contributed by atoms with Gasteiger partial charge in [-0.25, -0.2) is 19.2 Å². The zero-order valence-corrected chi connectivity index (χ0v) is 23.9. The van der Waals surface area contributed by atoms with E-state index in [4.69, 9.17) is 27.1 Å². The van der Waals surface area contributed by atoms with Crippen molar-refractivity contribution >= 4 is 51.4 Å². The molecule has 2 amide bonds. The third-order valence-electron chi connectivity index (χ3n) is 6.30. The molecule has 0 saturated carbocycles. The summed E-state index contributed by atoms with van der Waals surface area (Å²) in [6, 6.07) is 11.3. The monoisotopic (exact) mass is 574 g/mol. The van der Waals surface area contributed by atoms with Crippen LogP contribution in [-0.2, 0) is 4.74 Å². The molecule has 0 spiro atoms. The van der Waals surface area contributed by atoms with Crippen molar-refractivity contribution in [1.82, 2.24) is 19.5 Å². The van der Waals surface area contributed by atoms with Crippen LogP contribution in [0, 0.1) is 5.82 Å². The standard InChI is InChI=1S/C30H28ClFN6O3/c1-15(2)28-37-25-18(27(33)39)12-17(16-8-10-34-23(14-16)36-29(40)41-30(3,4)5)13-22(25)38(28)21-9-11-35-26-19(31)6-7-20(32)24(21)26/h6-15H,1-5H3,(H2,33,39)(H,34,36,40). The molecule has 11 heteroatoms. The van der Waals surface area contributed by atoms with Crippen LogP contribution in [0.2, 0.25) is 5.02 Å². The molecule has 0 radical (unpaired) electrons. The molecule has 0 unspecified atom stereocenters. The summed E-state index contributed by atoms with van der Waals surface area (Å²) in [5, 5.41) is 3.16. The Morgan fingerprint density at radius 3 is 2.44 bits per heavy atom. The van der Waals surface area contributed by atoms with Crippen LogP contribution in [0.3, 0.4) is 0 Å². The van der Waals surface area contributed by atoms with E-state index < -0.39 is 23.4 Å². The quantitative estimate of drug-likeness (QED) is 0.233. The Morgan fingerprint density at radius 1 is 1.02 bits per heavy atom. The number of anilines is 1. The highest BCUT2D eigenvalue weighted by atomic mass is 35.5. The average Bonchev–Trinajstić information content (AvgIpc) is 3.28. The van der Waals surface area contributed by atoms with Crippen molar-refractivity contribution < 1.29 is 18.7 Å². The fourth-order valence-electron chi connectivity index (χ4n) is 4.64. The van der Waals surface area contributed by atoms with Gasteiger partial charge in [-0.3, -0.25) is 19.7 Å². The third-order valence-corrected chi connectivity index (χ3v) is 6.61. The number of aromatic nitrogens is 4. The average molecular weight is 575 g/mol. The number of halogens is 2. The highest BCUT2D eigenvalue weighted by Crippen LogP contribution is 2.36. The second-order valence-corrected chi connectivity index (χ2v) is 11.3. The van der Waals surface area contributed by atoms with Crippen molar-refractivity contribution in [3.8, 4) is 16.8 Å². The molecule has 0 aliphatic rings. The van der Waals surface area contributed by atoms with Gasteiger partial charge in [0.05, 0.1) is 32.7 Å². The van der Waals surface area contributed by atoms with Crippen molar-refractivity contribution in [2.75, 3.05) is 5.32 Å². The molecular weight excluding hydrogens is 547 g/mol. The first-order valence-electron chi connectivity index (χ1n) is 12.9. The molecule has 5 rings (SSSR count). The number of carbonyl (C=O) groups excluding carboxylic acids is 2. The lowest BCUT2D eigenvalue weighted by Crippen LogP contribution is -2.27. The van der Waals surface area contributed by atoms with Crippen LogP contribution in [0.4, 0.5) is 15.0 Å². The summed E-state index contributed by atoms with van der Waals surface area (Å²) in [6.45, 7) is 9.19. The van der Waals surface area contributed by atoms with Crippen molar-refractivity contribution in [3.63, 3.8) is 0 Å². The van der Waals surface area contributed by atoms with E-state index in [1.807, 2.05) is 19.9 Å². The van der Waals surface area contributed by atoms with Gasteiger partial charge in [0.2, 0.25) is 0 Å². The largest absolute Gasteiger partial charge is 0.444 e. The first-order chi connectivity index (χ1) is 19.3. The molecule has 210 valence electrons. The van der Waals surface area contributed by atoms with E-state index in [0.717, 1.165) is 0 Å². The molecule has 2 aromatic carbocycles. The van der Waals surface area contributed by atoms with E-state index in [2.05, 4.69) is 15.3 Å². The Hall–Kier alpha value is -4.57. The molecule has 3 N–H and O–H groups in total. The Bertz CT molecular complexity index is 1840. The van der Waals surface area contributed by atoms with Crippen molar-refractivity contribution in [3.05, 3.63) is 77.1 Å². The van der Waals surface area contributed by atoms with Crippen LogP contribution in [0.5, 0.6) is 0 Å². The molecule has 5 aromatic rings. The van der Waals surface area contributed by atoms with Gasteiger partial charge in [-0.15, -0.1) is 0 Å². The van der Waals surface area contributed by atoms with Gasteiger partial charge in [0.1, 0.15) is 28.6 Å². The smallest absolute Gasteiger partial charge is 0.413 e. The molecule has 0 aliphatic heterocycles. The van der Waals surface area contributed by atoms with Crippen molar-refractivity contribution in [2.24, 2.45) is 5.73 Å². The Balaban J connectivity index is 1.75. The van der Waals surface area contributed by atoms with Crippen LogP contribution >= 0.6 is 11.6 Å². The van der Waals surface area contributed by atoms with Gasteiger partial charge in [0, 0.05) is 18.3 Å². The van der Waals surface area contributed by atoms with E-state index >= 15 is 4.39 Å². The van der Waals surface area contributed by atoms with Gasteiger partial charge < -0.3 is 10.5 Å². The minimum absolute atomic E-state index is 0.109. The molecule has 3 aromatic heterocycles. The zero-order valence-electron chi connectivity index (χ0n) is 23.1. The normalized spacial score (nSPS) is 11.8. The topological polar surface area (TPSA) is 125 Å². The van der Waals surface area contributed by atoms with Crippen molar-refractivity contribution in [1.29, 1.82) is 0 Å². The maximum absolute atomic E-state index is 15.3. The van der Waals surface area contributed by atoms with E-state index in [1.54, 1.807) is 55.8 Å². The molecule has 3 heterocycles. The lowest BCUT2D eigenvalue weighted by Gasteiger charge is -2.19. The predicted octanol–water partition coefficient (Wildman–Crippen LogP) is 7.00. The first kappa shape index (κ1) is 28.0. The number of hydrogen-bond acceptors (Lipinski definition) is 6. The lowest BCUT2D eigenvalue weighted by atomic mass is 10.0. The summed E-state index contributed by atoms with van der Waals surface area (Å²) in [6.07, 6.45) is 2.43.